The molecule has 0 aliphatic carbocycles. The number of esters is 2. The smallest absolute Gasteiger partial charge is 0.320 e. The van der Waals surface area contributed by atoms with E-state index in [1.807, 2.05) is 0 Å². The van der Waals surface area contributed by atoms with Crippen molar-refractivity contribution in [1.82, 2.24) is 0 Å². The molecule has 0 aliphatic rings. The fourth-order valence-electron chi connectivity index (χ4n) is 1.82. The molecule has 4 nitrogen and oxygen atoms in total. The largest absolute Gasteiger partial charge is 0.468 e. The highest BCUT2D eigenvalue weighted by molar-refractivity contribution is 9.09. The average Bonchev–Trinajstić information content (AvgIpc) is 2.35. The van der Waals surface area contributed by atoms with Crippen LogP contribution in [-0.4, -0.2) is 30.0 Å². The molecule has 0 bridgehead atoms. The predicted octanol–water partition coefficient (Wildman–Crippen LogP) is 3.85. The van der Waals surface area contributed by atoms with Crippen molar-refractivity contribution in [1.29, 1.82) is 0 Å². The maximum atomic E-state index is 12.0. The Hall–Kier alpha value is -0.580. The van der Waals surface area contributed by atoms with E-state index in [0.29, 0.717) is 6.42 Å². The number of ether oxygens (including phenoxy) is 2. The lowest BCUT2D eigenvalue weighted by molar-refractivity contribution is -0.168. The Morgan fingerprint density at radius 3 is 2.05 bits per heavy atom. The summed E-state index contributed by atoms with van der Waals surface area (Å²) in [4.78, 5) is 23.7. The molecule has 0 aromatic heterocycles. The molecule has 0 aromatic carbocycles. The zero-order valence-corrected chi connectivity index (χ0v) is 14.6. The Kier molecular flexibility index (Phi) is 9.90. The van der Waals surface area contributed by atoms with Gasteiger partial charge in [0.15, 0.2) is 5.92 Å². The van der Waals surface area contributed by atoms with E-state index in [9.17, 15) is 9.59 Å². The molecule has 0 rings (SSSR count). The zero-order valence-electron chi connectivity index (χ0n) is 13.0. The highest BCUT2D eigenvalue weighted by Crippen LogP contribution is 2.18. The second kappa shape index (κ2) is 10.2. The second-order valence-electron chi connectivity index (χ2n) is 5.85. The van der Waals surface area contributed by atoms with Crippen LogP contribution in [0.5, 0.6) is 0 Å². The molecule has 5 heteroatoms. The van der Waals surface area contributed by atoms with E-state index in [2.05, 4.69) is 15.9 Å². The monoisotopic (exact) mass is 350 g/mol. The van der Waals surface area contributed by atoms with Gasteiger partial charge >= 0.3 is 11.9 Å². The van der Waals surface area contributed by atoms with Gasteiger partial charge in [-0.25, -0.2) is 0 Å². The van der Waals surface area contributed by atoms with Gasteiger partial charge in [-0.05, 0) is 33.6 Å². The highest BCUT2D eigenvalue weighted by atomic mass is 79.9. The second-order valence-corrected chi connectivity index (χ2v) is 6.65. The number of methoxy groups -OCH3 is 1. The number of rotatable bonds is 9. The van der Waals surface area contributed by atoms with Crippen LogP contribution in [0.1, 0.15) is 59.3 Å². The number of carbonyl (C=O) groups excluding carboxylic acids is 2. The zero-order chi connectivity index (χ0) is 15.6. The number of unbranched alkanes of at least 4 members (excludes halogenated alkanes) is 4. The van der Waals surface area contributed by atoms with Gasteiger partial charge in [-0.3, -0.25) is 9.59 Å². The Morgan fingerprint density at radius 2 is 1.55 bits per heavy atom. The van der Waals surface area contributed by atoms with Crippen LogP contribution in [-0.2, 0) is 19.1 Å². The molecule has 1 atom stereocenters. The maximum Gasteiger partial charge on any atom is 0.320 e. The van der Waals surface area contributed by atoms with Gasteiger partial charge in [0.1, 0.15) is 5.60 Å². The van der Waals surface area contributed by atoms with Crippen LogP contribution in [0.2, 0.25) is 0 Å². The third-order valence-corrected chi connectivity index (χ3v) is 3.36. The van der Waals surface area contributed by atoms with E-state index in [0.717, 1.165) is 31.0 Å². The first-order valence-electron chi connectivity index (χ1n) is 7.18. The normalized spacial score (nSPS) is 12.8. The van der Waals surface area contributed by atoms with Crippen molar-refractivity contribution < 1.29 is 19.1 Å². The maximum absolute atomic E-state index is 12.0. The fraction of sp³-hybridized carbons (Fsp3) is 0.867. The summed E-state index contributed by atoms with van der Waals surface area (Å²) in [7, 11) is 1.30. The van der Waals surface area contributed by atoms with E-state index < -0.39 is 23.5 Å². The van der Waals surface area contributed by atoms with Crippen LogP contribution in [0.3, 0.4) is 0 Å². The number of alkyl halides is 1. The van der Waals surface area contributed by atoms with Crippen LogP contribution < -0.4 is 0 Å². The van der Waals surface area contributed by atoms with Crippen molar-refractivity contribution in [3.05, 3.63) is 0 Å². The minimum Gasteiger partial charge on any atom is -0.468 e. The number of carbonyl (C=O) groups is 2. The number of halogens is 1. The molecule has 0 aliphatic heterocycles. The van der Waals surface area contributed by atoms with Gasteiger partial charge in [-0.2, -0.15) is 0 Å². The molecule has 20 heavy (non-hydrogen) atoms. The minimum absolute atomic E-state index is 0.482. The molecule has 0 saturated heterocycles. The Bertz CT molecular complexity index is 297. The molecule has 0 spiro atoms. The Labute approximate surface area is 130 Å². The van der Waals surface area contributed by atoms with Gasteiger partial charge in [0, 0.05) is 5.33 Å². The van der Waals surface area contributed by atoms with Gasteiger partial charge in [0.05, 0.1) is 7.11 Å². The van der Waals surface area contributed by atoms with E-state index in [1.54, 1.807) is 20.8 Å². The van der Waals surface area contributed by atoms with E-state index in [1.165, 1.54) is 13.5 Å². The van der Waals surface area contributed by atoms with Gasteiger partial charge in [-0.15, -0.1) is 0 Å². The lowest BCUT2D eigenvalue weighted by atomic mass is 10.00. The van der Waals surface area contributed by atoms with Crippen LogP contribution in [0, 0.1) is 5.92 Å². The van der Waals surface area contributed by atoms with Crippen LogP contribution >= 0.6 is 15.9 Å². The molecule has 0 fully saturated rings. The molecule has 0 saturated carbocycles. The van der Waals surface area contributed by atoms with Crippen molar-refractivity contribution >= 4 is 27.9 Å². The van der Waals surface area contributed by atoms with Gasteiger partial charge in [-0.1, -0.05) is 41.6 Å². The van der Waals surface area contributed by atoms with E-state index >= 15 is 0 Å². The predicted molar refractivity (Wildman–Crippen MR) is 82.8 cm³/mol. The van der Waals surface area contributed by atoms with Crippen molar-refractivity contribution in [3.8, 4) is 0 Å². The van der Waals surface area contributed by atoms with Crippen molar-refractivity contribution in [3.63, 3.8) is 0 Å². The molecule has 0 aromatic rings. The molecule has 0 heterocycles. The summed E-state index contributed by atoms with van der Waals surface area (Å²) in [6, 6.07) is 0. The topological polar surface area (TPSA) is 52.6 Å². The molecule has 0 N–H and O–H groups in total. The van der Waals surface area contributed by atoms with E-state index in [4.69, 9.17) is 9.47 Å². The van der Waals surface area contributed by atoms with Crippen LogP contribution in [0.25, 0.3) is 0 Å². The first-order chi connectivity index (χ1) is 9.31. The van der Waals surface area contributed by atoms with E-state index in [-0.39, 0.29) is 0 Å². The molecule has 0 amide bonds. The lowest BCUT2D eigenvalue weighted by Gasteiger charge is -2.22. The summed E-state index contributed by atoms with van der Waals surface area (Å²) in [5.41, 5.74) is -0.584. The molecule has 118 valence electrons. The van der Waals surface area contributed by atoms with Crippen molar-refractivity contribution in [2.24, 2.45) is 5.92 Å². The number of hydrogen-bond donors (Lipinski definition) is 0. The summed E-state index contributed by atoms with van der Waals surface area (Å²) >= 11 is 3.39. The first kappa shape index (κ1) is 19.4. The first-order valence-corrected chi connectivity index (χ1v) is 8.30. The molecule has 0 radical (unpaired) electrons. The summed E-state index contributed by atoms with van der Waals surface area (Å²) in [6.07, 6.45) is 5.79. The number of hydrogen-bond acceptors (Lipinski definition) is 4. The Morgan fingerprint density at radius 1 is 1.00 bits per heavy atom. The van der Waals surface area contributed by atoms with Gasteiger partial charge in [0.25, 0.3) is 0 Å². The third kappa shape index (κ3) is 9.34. The van der Waals surface area contributed by atoms with Crippen LogP contribution in [0.15, 0.2) is 0 Å². The standard InChI is InChI=1S/C15H27BrO4/c1-15(2,3)20-14(18)12(13(17)19-4)10-8-6-5-7-9-11-16/h12H,5-11H2,1-4H3/t12-/m1/s1. The van der Waals surface area contributed by atoms with Crippen LogP contribution in [0.4, 0.5) is 0 Å². The summed E-state index contributed by atoms with van der Waals surface area (Å²) in [5, 5.41) is 1.02. The fourth-order valence-corrected chi connectivity index (χ4v) is 2.22. The molecular formula is C15H27BrO4. The summed E-state index contributed by atoms with van der Waals surface area (Å²) < 4.78 is 9.97. The third-order valence-electron chi connectivity index (χ3n) is 2.80. The summed E-state index contributed by atoms with van der Waals surface area (Å²) in [5.74, 6) is -1.78. The lowest BCUT2D eigenvalue weighted by Crippen LogP contribution is -2.33. The minimum atomic E-state index is -0.796. The highest BCUT2D eigenvalue weighted by Gasteiger charge is 2.31. The summed E-state index contributed by atoms with van der Waals surface area (Å²) in [6.45, 7) is 5.37. The Balaban J connectivity index is 4.23. The van der Waals surface area contributed by atoms with Crippen molar-refractivity contribution in [2.75, 3.05) is 12.4 Å². The molecular weight excluding hydrogens is 324 g/mol. The SMILES string of the molecule is COC(=O)[C@@H](CCCCCCCBr)C(=O)OC(C)(C)C. The van der Waals surface area contributed by atoms with Gasteiger partial charge in [0.2, 0.25) is 0 Å². The average molecular weight is 351 g/mol. The van der Waals surface area contributed by atoms with Gasteiger partial charge < -0.3 is 9.47 Å². The quantitative estimate of drug-likeness (QED) is 0.274. The molecule has 0 unspecified atom stereocenters. The van der Waals surface area contributed by atoms with Crippen molar-refractivity contribution in [2.45, 2.75) is 64.9 Å².